The average molecular weight is 166 g/mol. The van der Waals surface area contributed by atoms with Crippen LogP contribution in [-0.4, -0.2) is 36.1 Å². The Bertz CT molecular complexity index is 180. The molecule has 2 nitrogen and oxygen atoms in total. The van der Waals surface area contributed by atoms with E-state index < -0.39 is 0 Å². The predicted molar refractivity (Wildman–Crippen MR) is 49.2 cm³/mol. The highest BCUT2D eigenvalue weighted by Gasteiger charge is 2.50. The number of likely N-dealkylation sites (tertiary alicyclic amines) is 1. The van der Waals surface area contributed by atoms with Crippen molar-refractivity contribution >= 4 is 0 Å². The van der Waals surface area contributed by atoms with Gasteiger partial charge in [0.25, 0.3) is 0 Å². The van der Waals surface area contributed by atoms with Crippen LogP contribution in [0.25, 0.3) is 0 Å². The molecule has 0 unspecified atom stereocenters. The largest absolute Gasteiger partial charge is 0.317 e. The highest BCUT2D eigenvalue weighted by Crippen LogP contribution is 2.45. The monoisotopic (exact) mass is 166 g/mol. The van der Waals surface area contributed by atoms with Crippen molar-refractivity contribution in [2.45, 2.75) is 43.7 Å². The number of nitrogens with one attached hydrogen (secondary N) is 1. The lowest BCUT2D eigenvalue weighted by molar-refractivity contribution is -0.0438. The lowest BCUT2D eigenvalue weighted by Crippen LogP contribution is -2.64. The molecule has 12 heavy (non-hydrogen) atoms. The smallest absolute Gasteiger partial charge is 0.0248 e. The highest BCUT2D eigenvalue weighted by atomic mass is 15.3. The van der Waals surface area contributed by atoms with Crippen molar-refractivity contribution in [1.29, 1.82) is 0 Å². The molecule has 2 heterocycles. The van der Waals surface area contributed by atoms with E-state index in [1.54, 1.807) is 0 Å². The number of piperidine rings is 1. The van der Waals surface area contributed by atoms with E-state index in [1.165, 1.54) is 51.7 Å². The van der Waals surface area contributed by atoms with Crippen LogP contribution < -0.4 is 5.32 Å². The van der Waals surface area contributed by atoms with Crippen LogP contribution in [0, 0.1) is 0 Å². The summed E-state index contributed by atoms with van der Waals surface area (Å²) in [6.07, 6.45) is 7.25. The number of hydrogen-bond donors (Lipinski definition) is 1. The van der Waals surface area contributed by atoms with E-state index in [1.807, 2.05) is 0 Å². The van der Waals surface area contributed by atoms with Crippen LogP contribution in [0.5, 0.6) is 0 Å². The number of nitrogens with zero attached hydrogens (tertiary/aromatic N) is 1. The van der Waals surface area contributed by atoms with E-state index in [4.69, 9.17) is 0 Å². The molecule has 0 radical (unpaired) electrons. The summed E-state index contributed by atoms with van der Waals surface area (Å²) in [5, 5.41) is 3.46. The minimum Gasteiger partial charge on any atom is -0.317 e. The van der Waals surface area contributed by atoms with E-state index >= 15 is 0 Å². The van der Waals surface area contributed by atoms with Crippen LogP contribution in [0.4, 0.5) is 0 Å². The Hall–Kier alpha value is -0.0800. The SMILES string of the molecule is C1CC2(CCN1)CCN2C1CC1. The van der Waals surface area contributed by atoms with Crippen molar-refractivity contribution in [2.24, 2.45) is 0 Å². The van der Waals surface area contributed by atoms with E-state index in [0.717, 1.165) is 6.04 Å². The first kappa shape index (κ1) is 7.34. The van der Waals surface area contributed by atoms with Gasteiger partial charge in [-0.15, -0.1) is 0 Å². The van der Waals surface area contributed by atoms with Gasteiger partial charge in [0.1, 0.15) is 0 Å². The first-order chi connectivity index (χ1) is 5.91. The van der Waals surface area contributed by atoms with Gasteiger partial charge in [0, 0.05) is 18.1 Å². The summed E-state index contributed by atoms with van der Waals surface area (Å²) < 4.78 is 0. The molecule has 0 aromatic heterocycles. The van der Waals surface area contributed by atoms with Gasteiger partial charge in [0.15, 0.2) is 0 Å². The number of rotatable bonds is 1. The van der Waals surface area contributed by atoms with Crippen LogP contribution in [-0.2, 0) is 0 Å². The van der Waals surface area contributed by atoms with Crippen molar-refractivity contribution in [3.8, 4) is 0 Å². The van der Waals surface area contributed by atoms with E-state index in [-0.39, 0.29) is 0 Å². The van der Waals surface area contributed by atoms with Gasteiger partial charge in [-0.2, -0.15) is 0 Å². The Labute approximate surface area is 74.3 Å². The zero-order valence-electron chi connectivity index (χ0n) is 7.68. The topological polar surface area (TPSA) is 15.3 Å². The molecule has 1 N–H and O–H groups in total. The van der Waals surface area contributed by atoms with Gasteiger partial charge in [-0.05, 0) is 45.2 Å². The zero-order valence-corrected chi connectivity index (χ0v) is 7.68. The maximum atomic E-state index is 3.46. The lowest BCUT2D eigenvalue weighted by Gasteiger charge is -2.55. The first-order valence-corrected chi connectivity index (χ1v) is 5.38. The summed E-state index contributed by atoms with van der Waals surface area (Å²) in [6.45, 7) is 3.90. The van der Waals surface area contributed by atoms with Gasteiger partial charge < -0.3 is 5.32 Å². The summed E-state index contributed by atoms with van der Waals surface area (Å²) >= 11 is 0. The Kier molecular flexibility index (Phi) is 1.50. The third-order valence-electron chi connectivity index (χ3n) is 3.95. The molecule has 1 saturated carbocycles. The van der Waals surface area contributed by atoms with Crippen molar-refractivity contribution in [3.05, 3.63) is 0 Å². The Balaban J connectivity index is 1.71. The molecule has 3 aliphatic rings. The second-order valence-electron chi connectivity index (χ2n) is 4.65. The molecule has 1 aliphatic carbocycles. The minimum atomic E-state index is 0.673. The predicted octanol–water partition coefficient (Wildman–Crippen LogP) is 0.977. The molecular weight excluding hydrogens is 148 g/mol. The summed E-state index contributed by atoms with van der Waals surface area (Å²) in [7, 11) is 0. The Morgan fingerprint density at radius 2 is 1.83 bits per heavy atom. The van der Waals surface area contributed by atoms with Crippen LogP contribution in [0.2, 0.25) is 0 Å². The fraction of sp³-hybridized carbons (Fsp3) is 1.00. The van der Waals surface area contributed by atoms with E-state index in [9.17, 15) is 0 Å². The fourth-order valence-corrected chi connectivity index (χ4v) is 2.94. The van der Waals surface area contributed by atoms with Crippen molar-refractivity contribution in [1.82, 2.24) is 10.2 Å². The van der Waals surface area contributed by atoms with E-state index in [0.29, 0.717) is 5.54 Å². The van der Waals surface area contributed by atoms with Crippen molar-refractivity contribution in [2.75, 3.05) is 19.6 Å². The van der Waals surface area contributed by atoms with Crippen LogP contribution in [0.15, 0.2) is 0 Å². The molecule has 68 valence electrons. The van der Waals surface area contributed by atoms with Crippen LogP contribution in [0.3, 0.4) is 0 Å². The minimum absolute atomic E-state index is 0.673. The lowest BCUT2D eigenvalue weighted by atomic mass is 9.76. The molecule has 2 aliphatic heterocycles. The molecule has 0 atom stereocenters. The molecule has 2 heteroatoms. The third-order valence-corrected chi connectivity index (χ3v) is 3.95. The van der Waals surface area contributed by atoms with Crippen molar-refractivity contribution in [3.63, 3.8) is 0 Å². The summed E-state index contributed by atoms with van der Waals surface area (Å²) in [5.74, 6) is 0. The van der Waals surface area contributed by atoms with Crippen LogP contribution in [0.1, 0.15) is 32.1 Å². The van der Waals surface area contributed by atoms with Gasteiger partial charge in [0.05, 0.1) is 0 Å². The fourth-order valence-electron chi connectivity index (χ4n) is 2.94. The van der Waals surface area contributed by atoms with Gasteiger partial charge in [0.2, 0.25) is 0 Å². The summed E-state index contributed by atoms with van der Waals surface area (Å²) in [4.78, 5) is 2.80. The van der Waals surface area contributed by atoms with Gasteiger partial charge in [-0.1, -0.05) is 0 Å². The normalized spacial score (nSPS) is 35.0. The second kappa shape index (κ2) is 2.46. The maximum absolute atomic E-state index is 3.46. The maximum Gasteiger partial charge on any atom is 0.0248 e. The summed E-state index contributed by atoms with van der Waals surface area (Å²) in [5.41, 5.74) is 0.673. The summed E-state index contributed by atoms with van der Waals surface area (Å²) in [6, 6.07) is 0.997. The Morgan fingerprint density at radius 3 is 2.33 bits per heavy atom. The molecule has 0 amide bonds. The molecule has 1 spiro atoms. The molecule has 3 fully saturated rings. The Morgan fingerprint density at radius 1 is 1.08 bits per heavy atom. The molecule has 0 bridgehead atoms. The van der Waals surface area contributed by atoms with Crippen LogP contribution >= 0.6 is 0 Å². The zero-order chi connectivity index (χ0) is 8.02. The molecule has 0 aromatic carbocycles. The number of hydrogen-bond acceptors (Lipinski definition) is 2. The van der Waals surface area contributed by atoms with Gasteiger partial charge in [-0.3, -0.25) is 4.90 Å². The quantitative estimate of drug-likeness (QED) is 0.624. The second-order valence-corrected chi connectivity index (χ2v) is 4.65. The third kappa shape index (κ3) is 0.944. The molecule has 0 aromatic rings. The molecule has 3 rings (SSSR count). The van der Waals surface area contributed by atoms with Gasteiger partial charge in [-0.25, -0.2) is 0 Å². The molecular formula is C10H18N2. The first-order valence-electron chi connectivity index (χ1n) is 5.38. The standard InChI is InChI=1S/C10H18N2/c1-2-9(1)12-8-5-10(12)3-6-11-7-4-10/h9,11H,1-8H2. The highest BCUT2D eigenvalue weighted by molar-refractivity contribution is 5.07. The van der Waals surface area contributed by atoms with Crippen molar-refractivity contribution < 1.29 is 0 Å². The molecule has 2 saturated heterocycles. The average Bonchev–Trinajstić information content (AvgIpc) is 2.88. The van der Waals surface area contributed by atoms with Gasteiger partial charge >= 0.3 is 0 Å². The van der Waals surface area contributed by atoms with E-state index in [2.05, 4.69) is 10.2 Å².